The molecule has 30 heavy (non-hydrogen) atoms. The number of hydrogen-bond donors (Lipinski definition) is 4. The lowest BCUT2D eigenvalue weighted by Gasteiger charge is -2.25. The number of phenols is 1. The molecule has 0 aliphatic rings. The molecule has 0 heterocycles. The first-order chi connectivity index (χ1) is 14.5. The molecule has 5 heteroatoms. The number of carbonyl (C=O) groups excluding carboxylic acids is 1. The smallest absolute Gasteiger partial charge is 0.251 e. The Hall–Kier alpha value is -3.15. The normalized spacial score (nSPS) is 13.9. The monoisotopic (exact) mass is 405 g/mol. The number of phenolic OH excluding ortho intramolecular Hbond substituents is 1. The Bertz CT molecular complexity index is 930. The summed E-state index contributed by atoms with van der Waals surface area (Å²) in [5, 5.41) is 33.6. The summed E-state index contributed by atoms with van der Waals surface area (Å²) in [6.07, 6.45) is -0.653. The SMILES string of the molecule is O=C(NC(CC(O)C(O)CCc1ccccc1)c1ccccc1)c1cccc(O)c1. The molecule has 0 fully saturated rings. The molecule has 0 aliphatic heterocycles. The van der Waals surface area contributed by atoms with E-state index in [4.69, 9.17) is 0 Å². The van der Waals surface area contributed by atoms with Crippen molar-refractivity contribution in [1.82, 2.24) is 5.32 Å². The first-order valence-electron chi connectivity index (χ1n) is 10.1. The van der Waals surface area contributed by atoms with E-state index >= 15 is 0 Å². The quantitative estimate of drug-likeness (QED) is 0.438. The predicted octanol–water partition coefficient (Wildman–Crippen LogP) is 3.61. The minimum Gasteiger partial charge on any atom is -0.508 e. The van der Waals surface area contributed by atoms with Crippen molar-refractivity contribution in [2.24, 2.45) is 0 Å². The van der Waals surface area contributed by atoms with Crippen molar-refractivity contribution in [2.75, 3.05) is 0 Å². The van der Waals surface area contributed by atoms with Crippen LogP contribution in [0.5, 0.6) is 5.75 Å². The lowest BCUT2D eigenvalue weighted by Crippen LogP contribution is -2.35. The van der Waals surface area contributed by atoms with Gasteiger partial charge in [0.25, 0.3) is 5.91 Å². The van der Waals surface area contributed by atoms with E-state index in [1.165, 1.54) is 12.1 Å². The van der Waals surface area contributed by atoms with Gasteiger partial charge in [-0.05, 0) is 42.2 Å². The highest BCUT2D eigenvalue weighted by molar-refractivity contribution is 5.94. The first kappa shape index (κ1) is 21.6. The fourth-order valence-corrected chi connectivity index (χ4v) is 3.40. The molecular formula is C25H27NO4. The number of benzene rings is 3. The summed E-state index contributed by atoms with van der Waals surface area (Å²) in [6.45, 7) is 0. The molecule has 0 radical (unpaired) electrons. The molecule has 4 N–H and O–H groups in total. The highest BCUT2D eigenvalue weighted by Gasteiger charge is 2.24. The zero-order chi connectivity index (χ0) is 21.3. The van der Waals surface area contributed by atoms with Crippen molar-refractivity contribution in [3.8, 4) is 5.75 Å². The van der Waals surface area contributed by atoms with Crippen molar-refractivity contribution in [3.63, 3.8) is 0 Å². The third-order valence-electron chi connectivity index (χ3n) is 5.11. The van der Waals surface area contributed by atoms with E-state index in [0.29, 0.717) is 18.4 Å². The molecule has 0 bridgehead atoms. The summed E-state index contributed by atoms with van der Waals surface area (Å²) < 4.78 is 0. The Morgan fingerprint density at radius 1 is 0.833 bits per heavy atom. The van der Waals surface area contributed by atoms with Gasteiger partial charge in [0.15, 0.2) is 0 Å². The summed E-state index contributed by atoms with van der Waals surface area (Å²) in [7, 11) is 0. The van der Waals surface area contributed by atoms with Crippen LogP contribution in [-0.4, -0.2) is 33.4 Å². The van der Waals surface area contributed by atoms with E-state index in [1.54, 1.807) is 12.1 Å². The van der Waals surface area contributed by atoms with Gasteiger partial charge in [0.1, 0.15) is 5.75 Å². The molecule has 0 aliphatic carbocycles. The topological polar surface area (TPSA) is 89.8 Å². The van der Waals surface area contributed by atoms with Gasteiger partial charge in [0, 0.05) is 12.0 Å². The first-order valence-corrected chi connectivity index (χ1v) is 10.1. The predicted molar refractivity (Wildman–Crippen MR) is 116 cm³/mol. The van der Waals surface area contributed by atoms with Crippen LogP contribution in [0.2, 0.25) is 0 Å². The zero-order valence-electron chi connectivity index (χ0n) is 16.7. The maximum Gasteiger partial charge on any atom is 0.251 e. The fraction of sp³-hybridized carbons (Fsp3) is 0.240. The minimum absolute atomic E-state index is 0.00952. The van der Waals surface area contributed by atoms with Crippen molar-refractivity contribution < 1.29 is 20.1 Å². The number of aliphatic hydroxyl groups is 2. The van der Waals surface area contributed by atoms with Crippen LogP contribution in [0, 0.1) is 0 Å². The Morgan fingerprint density at radius 2 is 1.50 bits per heavy atom. The third-order valence-corrected chi connectivity index (χ3v) is 5.11. The molecular weight excluding hydrogens is 378 g/mol. The maximum atomic E-state index is 12.7. The van der Waals surface area contributed by atoms with E-state index in [9.17, 15) is 20.1 Å². The summed E-state index contributed by atoms with van der Waals surface area (Å²) >= 11 is 0. The van der Waals surface area contributed by atoms with Gasteiger partial charge in [-0.15, -0.1) is 0 Å². The molecule has 0 spiro atoms. The van der Waals surface area contributed by atoms with E-state index in [1.807, 2.05) is 60.7 Å². The van der Waals surface area contributed by atoms with Crippen molar-refractivity contribution in [1.29, 1.82) is 0 Å². The van der Waals surface area contributed by atoms with E-state index < -0.39 is 18.2 Å². The van der Waals surface area contributed by atoms with Crippen LogP contribution in [0.25, 0.3) is 0 Å². The summed E-state index contributed by atoms with van der Waals surface area (Å²) in [6, 6.07) is 24.8. The summed E-state index contributed by atoms with van der Waals surface area (Å²) in [5.74, 6) is -0.346. The summed E-state index contributed by atoms with van der Waals surface area (Å²) in [4.78, 5) is 12.7. The van der Waals surface area contributed by atoms with Crippen molar-refractivity contribution >= 4 is 5.91 Å². The Morgan fingerprint density at radius 3 is 2.17 bits per heavy atom. The van der Waals surface area contributed by atoms with Crippen LogP contribution in [-0.2, 0) is 6.42 Å². The van der Waals surface area contributed by atoms with Gasteiger partial charge in [-0.3, -0.25) is 4.79 Å². The largest absolute Gasteiger partial charge is 0.508 e. The van der Waals surface area contributed by atoms with Crippen LogP contribution < -0.4 is 5.32 Å². The zero-order valence-corrected chi connectivity index (χ0v) is 16.7. The number of carbonyl (C=O) groups is 1. The second kappa shape index (κ2) is 10.6. The number of nitrogens with one attached hydrogen (secondary N) is 1. The molecule has 3 unspecified atom stereocenters. The number of rotatable bonds is 9. The standard InChI is InChI=1S/C25H27NO4/c27-21-13-7-12-20(16-21)25(30)26-22(19-10-5-2-6-11-19)17-24(29)23(28)15-14-18-8-3-1-4-9-18/h1-13,16,22-24,27-29H,14-15,17H2,(H,26,30). The van der Waals surface area contributed by atoms with Gasteiger partial charge >= 0.3 is 0 Å². The Kier molecular flexibility index (Phi) is 7.60. The average molecular weight is 405 g/mol. The molecule has 3 rings (SSSR count). The van der Waals surface area contributed by atoms with Gasteiger partial charge in [-0.25, -0.2) is 0 Å². The maximum absolute atomic E-state index is 12.7. The number of amides is 1. The summed E-state index contributed by atoms with van der Waals surface area (Å²) in [5.41, 5.74) is 2.26. The minimum atomic E-state index is -0.997. The third kappa shape index (κ3) is 6.17. The molecule has 156 valence electrons. The molecule has 0 aromatic heterocycles. The molecule has 1 amide bonds. The fourth-order valence-electron chi connectivity index (χ4n) is 3.40. The Labute approximate surface area is 176 Å². The van der Waals surface area contributed by atoms with Gasteiger partial charge in [0.05, 0.1) is 18.2 Å². The van der Waals surface area contributed by atoms with Crippen molar-refractivity contribution in [2.45, 2.75) is 37.5 Å². The van der Waals surface area contributed by atoms with E-state index in [0.717, 1.165) is 11.1 Å². The molecule has 3 aromatic rings. The molecule has 0 saturated heterocycles. The number of hydrogen-bond acceptors (Lipinski definition) is 4. The van der Waals surface area contributed by atoms with Gasteiger partial charge in [-0.1, -0.05) is 66.7 Å². The van der Waals surface area contributed by atoms with E-state index in [2.05, 4.69) is 5.32 Å². The Balaban J connectivity index is 1.67. The van der Waals surface area contributed by atoms with Crippen molar-refractivity contribution in [3.05, 3.63) is 102 Å². The second-order valence-corrected chi connectivity index (χ2v) is 7.38. The lowest BCUT2D eigenvalue weighted by atomic mass is 9.95. The van der Waals surface area contributed by atoms with Crippen LogP contribution >= 0.6 is 0 Å². The van der Waals surface area contributed by atoms with Crippen LogP contribution in [0.15, 0.2) is 84.9 Å². The number of aliphatic hydroxyl groups excluding tert-OH is 2. The van der Waals surface area contributed by atoms with Crippen LogP contribution in [0.3, 0.4) is 0 Å². The highest BCUT2D eigenvalue weighted by atomic mass is 16.3. The van der Waals surface area contributed by atoms with Crippen LogP contribution in [0.4, 0.5) is 0 Å². The lowest BCUT2D eigenvalue weighted by molar-refractivity contribution is 0.00432. The number of aryl methyl sites for hydroxylation is 1. The van der Waals surface area contributed by atoms with Crippen LogP contribution in [0.1, 0.15) is 40.4 Å². The molecule has 3 atom stereocenters. The molecule has 3 aromatic carbocycles. The van der Waals surface area contributed by atoms with Gasteiger partial charge in [0.2, 0.25) is 0 Å². The second-order valence-electron chi connectivity index (χ2n) is 7.38. The number of aromatic hydroxyl groups is 1. The van der Waals surface area contributed by atoms with Gasteiger partial charge in [-0.2, -0.15) is 0 Å². The average Bonchev–Trinajstić information content (AvgIpc) is 2.78. The van der Waals surface area contributed by atoms with Gasteiger partial charge < -0.3 is 20.6 Å². The van der Waals surface area contributed by atoms with E-state index in [-0.39, 0.29) is 18.1 Å². The molecule has 0 saturated carbocycles. The molecule has 5 nitrogen and oxygen atoms in total. The highest BCUT2D eigenvalue weighted by Crippen LogP contribution is 2.22.